The maximum Gasteiger partial charge on any atom is 0.119 e. The molecule has 0 N–H and O–H groups in total. The molecule has 106 valence electrons. The lowest BCUT2D eigenvalue weighted by Gasteiger charge is -2.17. The molecule has 0 saturated carbocycles. The summed E-state index contributed by atoms with van der Waals surface area (Å²) < 4.78 is 6.08. The van der Waals surface area contributed by atoms with Crippen LogP contribution < -0.4 is 0 Å². The Balaban J connectivity index is 2.17. The van der Waals surface area contributed by atoms with Crippen LogP contribution in [0.1, 0.15) is 41.1 Å². The van der Waals surface area contributed by atoms with Gasteiger partial charge in [-0.2, -0.15) is 0 Å². The second kappa shape index (κ2) is 6.01. The first kappa shape index (κ1) is 13.7. The lowest BCUT2D eigenvalue weighted by atomic mass is 9.87. The summed E-state index contributed by atoms with van der Waals surface area (Å²) in [6.07, 6.45) is 0.989. The quantitative estimate of drug-likeness (QED) is 0.627. The number of aryl methyl sites for hydroxylation is 2. The highest BCUT2D eigenvalue weighted by Gasteiger charge is 2.22. The van der Waals surface area contributed by atoms with Crippen molar-refractivity contribution >= 4 is 0 Å². The Morgan fingerprint density at radius 2 is 1.38 bits per heavy atom. The van der Waals surface area contributed by atoms with Crippen molar-refractivity contribution in [2.24, 2.45) is 0 Å². The van der Waals surface area contributed by atoms with Gasteiger partial charge in [0.05, 0.1) is 5.92 Å². The van der Waals surface area contributed by atoms with Gasteiger partial charge in [-0.15, -0.1) is 0 Å². The molecule has 0 aliphatic carbocycles. The van der Waals surface area contributed by atoms with Crippen LogP contribution in [0.3, 0.4) is 0 Å². The van der Waals surface area contributed by atoms with Crippen LogP contribution >= 0.6 is 0 Å². The van der Waals surface area contributed by atoms with Crippen molar-refractivity contribution < 1.29 is 4.42 Å². The summed E-state index contributed by atoms with van der Waals surface area (Å²) >= 11 is 0. The molecule has 0 aliphatic heterocycles. The van der Waals surface area contributed by atoms with E-state index in [4.69, 9.17) is 4.42 Å². The fourth-order valence-electron chi connectivity index (χ4n) is 2.89. The number of benzene rings is 2. The molecule has 2 aromatic carbocycles. The molecule has 0 bridgehead atoms. The van der Waals surface area contributed by atoms with Crippen molar-refractivity contribution in [3.8, 4) is 0 Å². The number of furan rings is 1. The van der Waals surface area contributed by atoms with Gasteiger partial charge in [0.15, 0.2) is 0 Å². The third-order valence-corrected chi connectivity index (χ3v) is 3.87. The van der Waals surface area contributed by atoms with Crippen LogP contribution in [0.5, 0.6) is 0 Å². The third-order valence-electron chi connectivity index (χ3n) is 3.87. The van der Waals surface area contributed by atoms with E-state index in [0.717, 1.165) is 17.9 Å². The minimum atomic E-state index is 0.163. The molecule has 1 nitrogen and oxygen atoms in total. The van der Waals surface area contributed by atoms with E-state index in [-0.39, 0.29) is 5.92 Å². The summed E-state index contributed by atoms with van der Waals surface area (Å²) in [6.45, 7) is 4.20. The standard InChI is InChI=1S/C20H20O/c1-3-16-14-15(2)21-20(16)19(17-10-6-4-7-11-17)18-12-8-5-9-13-18/h4-14,19H,3H2,1-2H3. The highest BCUT2D eigenvalue weighted by Crippen LogP contribution is 2.35. The van der Waals surface area contributed by atoms with Crippen LogP contribution in [0.15, 0.2) is 71.1 Å². The summed E-state index contributed by atoms with van der Waals surface area (Å²) in [4.78, 5) is 0. The minimum Gasteiger partial charge on any atom is -0.465 e. The molecule has 3 aromatic rings. The van der Waals surface area contributed by atoms with Crippen molar-refractivity contribution in [3.05, 3.63) is 94.9 Å². The summed E-state index contributed by atoms with van der Waals surface area (Å²) in [6, 6.07) is 23.3. The highest BCUT2D eigenvalue weighted by atomic mass is 16.3. The molecule has 0 fully saturated rings. The average molecular weight is 276 g/mol. The topological polar surface area (TPSA) is 13.1 Å². The normalized spacial score (nSPS) is 11.0. The zero-order valence-corrected chi connectivity index (χ0v) is 12.5. The van der Waals surface area contributed by atoms with Crippen molar-refractivity contribution in [3.63, 3.8) is 0 Å². The van der Waals surface area contributed by atoms with Crippen molar-refractivity contribution in [2.75, 3.05) is 0 Å². The average Bonchev–Trinajstić information content (AvgIpc) is 2.90. The van der Waals surface area contributed by atoms with E-state index >= 15 is 0 Å². The zero-order valence-electron chi connectivity index (χ0n) is 12.5. The van der Waals surface area contributed by atoms with Gasteiger partial charge in [0.2, 0.25) is 0 Å². The highest BCUT2D eigenvalue weighted by molar-refractivity contribution is 5.42. The van der Waals surface area contributed by atoms with Crippen LogP contribution in [0, 0.1) is 6.92 Å². The lowest BCUT2D eigenvalue weighted by Crippen LogP contribution is -2.04. The van der Waals surface area contributed by atoms with E-state index < -0.39 is 0 Å². The Labute approximate surface area is 126 Å². The zero-order chi connectivity index (χ0) is 14.7. The Morgan fingerprint density at radius 3 is 1.86 bits per heavy atom. The predicted molar refractivity (Wildman–Crippen MR) is 86.7 cm³/mol. The van der Waals surface area contributed by atoms with E-state index in [9.17, 15) is 0 Å². The van der Waals surface area contributed by atoms with Crippen LogP contribution in [-0.2, 0) is 6.42 Å². The van der Waals surface area contributed by atoms with Crippen molar-refractivity contribution in [2.45, 2.75) is 26.2 Å². The molecule has 0 spiro atoms. The Kier molecular flexibility index (Phi) is 3.92. The van der Waals surface area contributed by atoms with Gasteiger partial charge in [0.25, 0.3) is 0 Å². The summed E-state index contributed by atoms with van der Waals surface area (Å²) in [5, 5.41) is 0. The molecule has 0 radical (unpaired) electrons. The Bertz CT molecular complexity index is 656. The molecule has 1 aromatic heterocycles. The molecular weight excluding hydrogens is 256 g/mol. The Morgan fingerprint density at radius 1 is 0.857 bits per heavy atom. The van der Waals surface area contributed by atoms with Crippen LogP contribution in [0.4, 0.5) is 0 Å². The van der Waals surface area contributed by atoms with Crippen LogP contribution in [0.2, 0.25) is 0 Å². The lowest BCUT2D eigenvalue weighted by molar-refractivity contribution is 0.474. The van der Waals surface area contributed by atoms with Gasteiger partial charge in [-0.1, -0.05) is 67.6 Å². The Hall–Kier alpha value is -2.28. The molecule has 3 rings (SSSR count). The monoisotopic (exact) mass is 276 g/mol. The minimum absolute atomic E-state index is 0.163. The van der Waals surface area contributed by atoms with Gasteiger partial charge in [0.1, 0.15) is 11.5 Å². The largest absolute Gasteiger partial charge is 0.465 e. The maximum atomic E-state index is 6.08. The first-order valence-corrected chi connectivity index (χ1v) is 7.48. The van der Waals surface area contributed by atoms with Gasteiger partial charge >= 0.3 is 0 Å². The van der Waals surface area contributed by atoms with Crippen molar-refractivity contribution in [1.29, 1.82) is 0 Å². The fourth-order valence-corrected chi connectivity index (χ4v) is 2.89. The molecule has 21 heavy (non-hydrogen) atoms. The van der Waals surface area contributed by atoms with E-state index in [1.165, 1.54) is 16.7 Å². The summed E-state index contributed by atoms with van der Waals surface area (Å²) in [5.74, 6) is 2.22. The van der Waals surface area contributed by atoms with Crippen LogP contribution in [0.25, 0.3) is 0 Å². The SMILES string of the molecule is CCc1cc(C)oc1C(c1ccccc1)c1ccccc1. The van der Waals surface area contributed by atoms with Gasteiger partial charge < -0.3 is 4.42 Å². The van der Waals surface area contributed by atoms with E-state index in [0.29, 0.717) is 0 Å². The first-order valence-electron chi connectivity index (χ1n) is 7.48. The van der Waals surface area contributed by atoms with Gasteiger partial charge in [-0.3, -0.25) is 0 Å². The van der Waals surface area contributed by atoms with E-state index in [1.807, 2.05) is 6.92 Å². The van der Waals surface area contributed by atoms with Crippen molar-refractivity contribution in [1.82, 2.24) is 0 Å². The second-order valence-electron chi connectivity index (χ2n) is 5.35. The molecule has 0 atom stereocenters. The van der Waals surface area contributed by atoms with E-state index in [1.54, 1.807) is 0 Å². The maximum absolute atomic E-state index is 6.08. The first-order chi connectivity index (χ1) is 10.3. The predicted octanol–water partition coefficient (Wildman–Crippen LogP) is 5.33. The number of rotatable bonds is 4. The molecule has 0 unspecified atom stereocenters. The number of hydrogen-bond donors (Lipinski definition) is 0. The molecule has 0 aliphatic rings. The smallest absolute Gasteiger partial charge is 0.119 e. The fraction of sp³-hybridized carbons (Fsp3) is 0.200. The second-order valence-corrected chi connectivity index (χ2v) is 5.35. The third kappa shape index (κ3) is 2.78. The molecule has 1 heteroatoms. The molecule has 0 amide bonds. The molecular formula is C20H20O. The van der Waals surface area contributed by atoms with Gasteiger partial charge in [-0.25, -0.2) is 0 Å². The van der Waals surface area contributed by atoms with Crippen LogP contribution in [-0.4, -0.2) is 0 Å². The van der Waals surface area contributed by atoms with E-state index in [2.05, 4.69) is 73.7 Å². The summed E-state index contributed by atoms with van der Waals surface area (Å²) in [5.41, 5.74) is 3.84. The molecule has 1 heterocycles. The van der Waals surface area contributed by atoms with Gasteiger partial charge in [0, 0.05) is 0 Å². The molecule has 0 saturated heterocycles. The number of hydrogen-bond acceptors (Lipinski definition) is 1. The van der Waals surface area contributed by atoms with Gasteiger partial charge in [-0.05, 0) is 36.1 Å². The summed E-state index contributed by atoms with van der Waals surface area (Å²) in [7, 11) is 0.